The molecule has 0 saturated heterocycles. The van der Waals surface area contributed by atoms with Crippen molar-refractivity contribution in [2.24, 2.45) is 0 Å². The molecule has 2 N–H and O–H groups in total. The first kappa shape index (κ1) is 14.7. The van der Waals surface area contributed by atoms with Gasteiger partial charge in [-0.25, -0.2) is 9.78 Å². The number of fused-ring (bicyclic) bond motifs is 1. The molecule has 2 atom stereocenters. The molecule has 1 aromatic heterocycles. The van der Waals surface area contributed by atoms with Crippen molar-refractivity contribution in [2.75, 3.05) is 13.7 Å². The molecule has 0 aliphatic rings. The van der Waals surface area contributed by atoms with Gasteiger partial charge in [0.25, 0.3) is 0 Å². The summed E-state index contributed by atoms with van der Waals surface area (Å²) in [6, 6.07) is 5.28. The van der Waals surface area contributed by atoms with Gasteiger partial charge >= 0.3 is 5.97 Å². The molecule has 6 nitrogen and oxygen atoms in total. The molecular weight excluding hydrogens is 282 g/mol. The highest BCUT2D eigenvalue weighted by molar-refractivity contribution is 7.18. The Kier molecular flexibility index (Phi) is 4.53. The molecule has 1 aromatic carbocycles. The molecular formula is C13H15NO5S. The van der Waals surface area contributed by atoms with Gasteiger partial charge in [-0.2, -0.15) is 0 Å². The largest absolute Gasteiger partial charge is 0.497 e. The van der Waals surface area contributed by atoms with Crippen molar-refractivity contribution in [3.05, 3.63) is 23.2 Å². The normalized spacial score (nSPS) is 14.0. The van der Waals surface area contributed by atoms with Gasteiger partial charge in [0, 0.05) is 0 Å². The first-order chi connectivity index (χ1) is 9.56. The zero-order valence-electron chi connectivity index (χ0n) is 11.1. The van der Waals surface area contributed by atoms with E-state index in [1.807, 2.05) is 0 Å². The minimum atomic E-state index is -1.64. The molecule has 0 radical (unpaired) electrons. The van der Waals surface area contributed by atoms with Gasteiger partial charge in [-0.15, -0.1) is 11.3 Å². The number of benzene rings is 1. The van der Waals surface area contributed by atoms with Crippen LogP contribution in [0, 0.1) is 0 Å². The molecule has 108 valence electrons. The topological polar surface area (TPSA) is 88.9 Å². The van der Waals surface area contributed by atoms with Gasteiger partial charge in [-0.3, -0.25) is 0 Å². The highest BCUT2D eigenvalue weighted by atomic mass is 32.1. The number of esters is 1. The lowest BCUT2D eigenvalue weighted by Crippen LogP contribution is -2.29. The van der Waals surface area contributed by atoms with Crippen molar-refractivity contribution < 1.29 is 24.5 Å². The Morgan fingerprint density at radius 2 is 2.20 bits per heavy atom. The molecule has 0 aliphatic carbocycles. The maximum atomic E-state index is 11.4. The fraction of sp³-hybridized carbons (Fsp3) is 0.385. The number of methoxy groups -OCH3 is 1. The lowest BCUT2D eigenvalue weighted by molar-refractivity contribution is -0.159. The molecule has 0 amide bonds. The molecule has 0 spiro atoms. The van der Waals surface area contributed by atoms with Crippen LogP contribution in [0.3, 0.4) is 0 Å². The van der Waals surface area contributed by atoms with E-state index in [0.717, 1.165) is 4.70 Å². The molecule has 2 rings (SSSR count). The summed E-state index contributed by atoms with van der Waals surface area (Å²) in [5.74, 6) is -0.190. The summed E-state index contributed by atoms with van der Waals surface area (Å²) < 4.78 is 10.6. The molecule has 0 aliphatic heterocycles. The summed E-state index contributed by atoms with van der Waals surface area (Å²) in [5.41, 5.74) is 0.668. The van der Waals surface area contributed by atoms with E-state index >= 15 is 0 Å². The monoisotopic (exact) mass is 297 g/mol. The number of nitrogens with zero attached hydrogens (tertiary/aromatic N) is 1. The van der Waals surface area contributed by atoms with Crippen molar-refractivity contribution in [3.63, 3.8) is 0 Å². The van der Waals surface area contributed by atoms with E-state index in [0.29, 0.717) is 11.3 Å². The number of aliphatic hydroxyl groups excluding tert-OH is 2. The van der Waals surface area contributed by atoms with Gasteiger partial charge in [0.15, 0.2) is 6.10 Å². The Labute approximate surface area is 119 Å². The Bertz CT molecular complexity index is 612. The molecule has 20 heavy (non-hydrogen) atoms. The van der Waals surface area contributed by atoms with E-state index in [2.05, 4.69) is 9.72 Å². The Morgan fingerprint density at radius 1 is 1.45 bits per heavy atom. The summed E-state index contributed by atoms with van der Waals surface area (Å²) in [5, 5.41) is 20.0. The lowest BCUT2D eigenvalue weighted by Gasteiger charge is -2.13. The van der Waals surface area contributed by atoms with Crippen LogP contribution in [0.1, 0.15) is 18.0 Å². The van der Waals surface area contributed by atoms with Gasteiger partial charge in [0.1, 0.15) is 16.9 Å². The van der Waals surface area contributed by atoms with Gasteiger partial charge in [-0.1, -0.05) is 0 Å². The number of carbonyl (C=O) groups is 1. The zero-order chi connectivity index (χ0) is 14.7. The predicted octanol–water partition coefficient (Wildman–Crippen LogP) is 1.26. The Hall–Kier alpha value is -1.70. The standard InChI is InChI=1S/C13H15NO5S/c1-3-19-13(17)11(16)10(15)12-14-8-5-4-7(18-2)6-9(8)20-12/h4-6,10-11,15-16H,3H2,1-2H3. The number of hydrogen-bond donors (Lipinski definition) is 2. The fourth-order valence-corrected chi connectivity index (χ4v) is 2.68. The first-order valence-corrected chi connectivity index (χ1v) is 6.85. The molecule has 0 saturated carbocycles. The third-order valence-electron chi connectivity index (χ3n) is 2.69. The van der Waals surface area contributed by atoms with E-state index in [-0.39, 0.29) is 11.6 Å². The van der Waals surface area contributed by atoms with Crippen LogP contribution < -0.4 is 4.74 Å². The van der Waals surface area contributed by atoms with Crippen LogP contribution in [0.15, 0.2) is 18.2 Å². The average Bonchev–Trinajstić information content (AvgIpc) is 2.88. The van der Waals surface area contributed by atoms with Crippen molar-refractivity contribution >= 4 is 27.5 Å². The second kappa shape index (κ2) is 6.17. The minimum absolute atomic E-state index is 0.139. The van der Waals surface area contributed by atoms with Crippen LogP contribution in [0.2, 0.25) is 0 Å². The molecule has 1 heterocycles. The average molecular weight is 297 g/mol. The maximum Gasteiger partial charge on any atom is 0.338 e. The van der Waals surface area contributed by atoms with Gasteiger partial charge < -0.3 is 19.7 Å². The van der Waals surface area contributed by atoms with Crippen molar-refractivity contribution in [2.45, 2.75) is 19.1 Å². The number of thiazole rings is 1. The highest BCUT2D eigenvalue weighted by Crippen LogP contribution is 2.30. The van der Waals surface area contributed by atoms with Crippen molar-refractivity contribution in [1.29, 1.82) is 0 Å². The SMILES string of the molecule is CCOC(=O)C(O)C(O)c1nc2ccc(OC)cc2s1. The minimum Gasteiger partial charge on any atom is -0.497 e. The third kappa shape index (κ3) is 2.90. The maximum absolute atomic E-state index is 11.4. The second-order valence-corrected chi connectivity index (χ2v) is 5.09. The number of carbonyl (C=O) groups excluding carboxylic acids is 1. The number of aliphatic hydroxyl groups is 2. The number of hydrogen-bond acceptors (Lipinski definition) is 7. The fourth-order valence-electron chi connectivity index (χ4n) is 1.67. The lowest BCUT2D eigenvalue weighted by atomic mass is 10.2. The quantitative estimate of drug-likeness (QED) is 0.808. The van der Waals surface area contributed by atoms with E-state index in [1.165, 1.54) is 11.3 Å². The second-order valence-electron chi connectivity index (χ2n) is 4.03. The van der Waals surface area contributed by atoms with Crippen LogP contribution in [-0.2, 0) is 9.53 Å². The predicted molar refractivity (Wildman–Crippen MR) is 73.8 cm³/mol. The van der Waals surface area contributed by atoms with Crippen LogP contribution in [0.4, 0.5) is 0 Å². The Morgan fingerprint density at radius 3 is 2.85 bits per heavy atom. The van der Waals surface area contributed by atoms with Crippen LogP contribution >= 0.6 is 11.3 Å². The molecule has 0 fully saturated rings. The van der Waals surface area contributed by atoms with E-state index in [4.69, 9.17) is 4.74 Å². The molecule has 2 unspecified atom stereocenters. The van der Waals surface area contributed by atoms with E-state index in [9.17, 15) is 15.0 Å². The van der Waals surface area contributed by atoms with Crippen LogP contribution in [-0.4, -0.2) is 41.0 Å². The first-order valence-electron chi connectivity index (χ1n) is 6.04. The summed E-state index contributed by atoms with van der Waals surface area (Å²) in [6.45, 7) is 1.76. The summed E-state index contributed by atoms with van der Waals surface area (Å²) in [6.07, 6.45) is -3.05. The molecule has 7 heteroatoms. The van der Waals surface area contributed by atoms with Gasteiger partial charge in [0.2, 0.25) is 0 Å². The van der Waals surface area contributed by atoms with Crippen molar-refractivity contribution in [1.82, 2.24) is 4.98 Å². The number of aromatic nitrogens is 1. The van der Waals surface area contributed by atoms with E-state index in [1.54, 1.807) is 32.2 Å². The Balaban J connectivity index is 2.26. The smallest absolute Gasteiger partial charge is 0.338 e. The molecule has 2 aromatic rings. The van der Waals surface area contributed by atoms with Crippen molar-refractivity contribution in [3.8, 4) is 5.75 Å². The third-order valence-corrected chi connectivity index (χ3v) is 3.78. The van der Waals surface area contributed by atoms with Crippen LogP contribution in [0.5, 0.6) is 5.75 Å². The van der Waals surface area contributed by atoms with Gasteiger partial charge in [0.05, 0.1) is 23.9 Å². The van der Waals surface area contributed by atoms with E-state index < -0.39 is 18.2 Å². The summed E-state index contributed by atoms with van der Waals surface area (Å²) in [4.78, 5) is 15.6. The summed E-state index contributed by atoms with van der Waals surface area (Å²) >= 11 is 1.19. The highest BCUT2D eigenvalue weighted by Gasteiger charge is 2.29. The number of rotatable bonds is 5. The van der Waals surface area contributed by atoms with Gasteiger partial charge in [-0.05, 0) is 25.1 Å². The van der Waals surface area contributed by atoms with Crippen LogP contribution in [0.25, 0.3) is 10.2 Å². The molecule has 0 bridgehead atoms. The zero-order valence-corrected chi connectivity index (χ0v) is 11.9. The number of ether oxygens (including phenoxy) is 2. The summed E-state index contributed by atoms with van der Waals surface area (Å²) in [7, 11) is 1.56.